The molecule has 34 valence electrons. The highest BCUT2D eigenvalue weighted by molar-refractivity contribution is 5.55. The number of nitrogens with one attached hydrogen (secondary N) is 1. The van der Waals surface area contributed by atoms with Gasteiger partial charge in [0.25, 0.3) is 0 Å². The van der Waals surface area contributed by atoms with Crippen molar-refractivity contribution in [2.45, 2.75) is 0 Å². The topological polar surface area (TPSA) is 48.6 Å². The minimum atomic E-state index is 0.413. The highest BCUT2D eigenvalue weighted by Gasteiger charge is 1.60. The lowest BCUT2D eigenvalue weighted by molar-refractivity contribution is 1.06. The maximum Gasteiger partial charge on any atom is 0.0943 e. The summed E-state index contributed by atoms with van der Waals surface area (Å²) < 4.78 is 0. The quantitative estimate of drug-likeness (QED) is 0.379. The molecular formula is C3H7N3. The summed E-state index contributed by atoms with van der Waals surface area (Å²) in [6.45, 7) is 0.413. The van der Waals surface area contributed by atoms with E-state index < -0.39 is 0 Å². The first-order chi connectivity index (χ1) is 2.91. The lowest BCUT2D eigenvalue weighted by atomic mass is 10.8. The molecule has 0 saturated heterocycles. The molecule has 0 spiro atoms. The lowest BCUT2D eigenvalue weighted by Gasteiger charge is -1.69. The minimum Gasteiger partial charge on any atom is -0.311 e. The smallest absolute Gasteiger partial charge is 0.0943 e. The molecule has 0 bridgehead atoms. The Morgan fingerprint density at radius 2 is 2.50 bits per heavy atom. The van der Waals surface area contributed by atoms with Gasteiger partial charge in [-0.2, -0.15) is 10.2 Å². The largest absolute Gasteiger partial charge is 0.311 e. The normalized spacial score (nSPS) is 9.50. The molecule has 0 heterocycles. The van der Waals surface area contributed by atoms with Gasteiger partial charge in [-0.1, -0.05) is 0 Å². The number of rotatable bonds is 2. The van der Waals surface area contributed by atoms with Crippen LogP contribution in [0.2, 0.25) is 0 Å². The van der Waals surface area contributed by atoms with Crippen molar-refractivity contribution in [2.75, 3.05) is 13.6 Å². The maximum absolute atomic E-state index is 6.43. The molecule has 0 aromatic carbocycles. The molecule has 0 atom stereocenters. The second kappa shape index (κ2) is 4.27. The zero-order valence-electron chi connectivity index (χ0n) is 3.68. The van der Waals surface area contributed by atoms with Crippen molar-refractivity contribution < 1.29 is 0 Å². The summed E-state index contributed by atoms with van der Waals surface area (Å²) in [5, 5.41) is 13.3. The summed E-state index contributed by atoms with van der Waals surface area (Å²) in [5.41, 5.74) is 0. The number of hydrogen-bond acceptors (Lipinski definition) is 3. The molecule has 3 heteroatoms. The Bertz CT molecular complexity index is 57.1. The van der Waals surface area contributed by atoms with Gasteiger partial charge in [-0.3, -0.25) is 0 Å². The average Bonchev–Trinajstić information content (AvgIpc) is 1.61. The fourth-order valence-corrected chi connectivity index (χ4v) is 0.122. The van der Waals surface area contributed by atoms with Crippen LogP contribution in [-0.4, -0.2) is 19.8 Å². The molecule has 0 rings (SSSR count). The van der Waals surface area contributed by atoms with Crippen LogP contribution in [0.4, 0.5) is 0 Å². The summed E-state index contributed by atoms with van der Waals surface area (Å²) in [6.07, 6.45) is 1.20. The lowest BCUT2D eigenvalue weighted by Crippen LogP contribution is -1.72. The molecule has 1 N–H and O–H groups in total. The van der Waals surface area contributed by atoms with E-state index in [9.17, 15) is 0 Å². The van der Waals surface area contributed by atoms with E-state index in [-0.39, 0.29) is 0 Å². The molecule has 0 radical (unpaired) electrons. The van der Waals surface area contributed by atoms with E-state index in [1.165, 1.54) is 6.21 Å². The van der Waals surface area contributed by atoms with Crippen LogP contribution in [0.3, 0.4) is 0 Å². The number of azo groups is 1. The van der Waals surface area contributed by atoms with Crippen LogP contribution in [0.25, 0.3) is 0 Å². The van der Waals surface area contributed by atoms with Gasteiger partial charge in [0.15, 0.2) is 0 Å². The number of hydrogen-bond donors (Lipinski definition) is 1. The molecule has 0 aromatic heterocycles. The second-order valence-corrected chi connectivity index (χ2v) is 0.728. The van der Waals surface area contributed by atoms with E-state index in [1.54, 1.807) is 7.05 Å². The molecule has 3 nitrogen and oxygen atoms in total. The first-order valence-corrected chi connectivity index (χ1v) is 1.66. The predicted octanol–water partition coefficient (Wildman–Crippen LogP) is 0.718. The molecule has 0 saturated carbocycles. The summed E-state index contributed by atoms with van der Waals surface area (Å²) >= 11 is 0. The molecular weight excluding hydrogens is 78.1 g/mol. The van der Waals surface area contributed by atoms with Crippen molar-refractivity contribution in [3.63, 3.8) is 0 Å². The zero-order valence-corrected chi connectivity index (χ0v) is 3.68. The van der Waals surface area contributed by atoms with Crippen molar-refractivity contribution in [3.8, 4) is 0 Å². The maximum atomic E-state index is 6.43. The Morgan fingerprint density at radius 3 is 2.67 bits per heavy atom. The van der Waals surface area contributed by atoms with Crippen LogP contribution in [0.1, 0.15) is 0 Å². The Hall–Kier alpha value is -0.730. The molecule has 0 aliphatic carbocycles. The van der Waals surface area contributed by atoms with E-state index in [4.69, 9.17) is 5.41 Å². The summed E-state index contributed by atoms with van der Waals surface area (Å²) in [4.78, 5) is 0. The zero-order chi connectivity index (χ0) is 4.83. The molecule has 6 heavy (non-hydrogen) atoms. The van der Waals surface area contributed by atoms with Crippen LogP contribution >= 0.6 is 0 Å². The van der Waals surface area contributed by atoms with Crippen molar-refractivity contribution in [3.05, 3.63) is 0 Å². The molecule has 0 aromatic rings. The van der Waals surface area contributed by atoms with Gasteiger partial charge in [-0.25, -0.2) is 0 Å². The fourth-order valence-electron chi connectivity index (χ4n) is 0.122. The van der Waals surface area contributed by atoms with E-state index >= 15 is 0 Å². The van der Waals surface area contributed by atoms with Gasteiger partial charge in [-0.15, -0.1) is 0 Å². The van der Waals surface area contributed by atoms with Crippen LogP contribution < -0.4 is 0 Å². The monoisotopic (exact) mass is 85.1 g/mol. The second-order valence-electron chi connectivity index (χ2n) is 0.728. The predicted molar refractivity (Wildman–Crippen MR) is 24.4 cm³/mol. The molecule has 0 unspecified atom stereocenters. The van der Waals surface area contributed by atoms with Crippen molar-refractivity contribution in [2.24, 2.45) is 10.2 Å². The third-order valence-electron chi connectivity index (χ3n) is 0.314. The van der Waals surface area contributed by atoms with E-state index in [0.717, 1.165) is 0 Å². The van der Waals surface area contributed by atoms with Gasteiger partial charge in [0.05, 0.1) is 6.54 Å². The highest BCUT2D eigenvalue weighted by atomic mass is 15.1. The first-order valence-electron chi connectivity index (χ1n) is 1.66. The Labute approximate surface area is 36.6 Å². The van der Waals surface area contributed by atoms with Gasteiger partial charge >= 0.3 is 0 Å². The first kappa shape index (κ1) is 5.27. The summed E-state index contributed by atoms with van der Waals surface area (Å²) in [7, 11) is 1.59. The number of nitrogens with zero attached hydrogens (tertiary/aromatic N) is 2. The Morgan fingerprint density at radius 1 is 1.83 bits per heavy atom. The standard InChI is InChI=1S/C3H7N3/c1-5-6-3-2-4/h2,4H,3H2,1H3. The minimum absolute atomic E-state index is 0.413. The van der Waals surface area contributed by atoms with Crippen LogP contribution in [0.15, 0.2) is 10.2 Å². The van der Waals surface area contributed by atoms with E-state index in [2.05, 4.69) is 10.2 Å². The third kappa shape index (κ3) is 3.27. The van der Waals surface area contributed by atoms with Crippen molar-refractivity contribution in [1.29, 1.82) is 5.41 Å². The highest BCUT2D eigenvalue weighted by Crippen LogP contribution is 1.61. The van der Waals surface area contributed by atoms with Gasteiger partial charge in [0, 0.05) is 13.3 Å². The van der Waals surface area contributed by atoms with Crippen LogP contribution in [0.5, 0.6) is 0 Å². The van der Waals surface area contributed by atoms with Crippen LogP contribution in [-0.2, 0) is 0 Å². The molecule has 0 aliphatic heterocycles. The SMILES string of the molecule is CN=NCC=N. The van der Waals surface area contributed by atoms with Crippen molar-refractivity contribution in [1.82, 2.24) is 0 Å². The summed E-state index contributed by atoms with van der Waals surface area (Å²) in [5.74, 6) is 0. The van der Waals surface area contributed by atoms with Gasteiger partial charge in [0.2, 0.25) is 0 Å². The van der Waals surface area contributed by atoms with Crippen LogP contribution in [0, 0.1) is 5.41 Å². The third-order valence-corrected chi connectivity index (χ3v) is 0.314. The van der Waals surface area contributed by atoms with E-state index in [1.807, 2.05) is 0 Å². The van der Waals surface area contributed by atoms with Crippen molar-refractivity contribution >= 4 is 6.21 Å². The summed E-state index contributed by atoms with van der Waals surface area (Å²) in [6, 6.07) is 0. The molecule has 0 amide bonds. The molecule has 0 fully saturated rings. The Balaban J connectivity index is 2.85. The van der Waals surface area contributed by atoms with Gasteiger partial charge < -0.3 is 5.41 Å². The van der Waals surface area contributed by atoms with Gasteiger partial charge in [0.1, 0.15) is 0 Å². The average molecular weight is 85.1 g/mol. The molecule has 0 aliphatic rings. The van der Waals surface area contributed by atoms with Gasteiger partial charge in [-0.05, 0) is 0 Å². The van der Waals surface area contributed by atoms with E-state index in [0.29, 0.717) is 6.54 Å². The Kier molecular flexibility index (Phi) is 3.75. The fraction of sp³-hybridized carbons (Fsp3) is 0.667.